The van der Waals surface area contributed by atoms with Crippen molar-refractivity contribution in [3.8, 4) is 5.75 Å². The highest BCUT2D eigenvalue weighted by Gasteiger charge is 2.62. The Balaban J connectivity index is 1.52. The number of aromatic nitrogens is 1. The summed E-state index contributed by atoms with van der Waals surface area (Å²) in [6, 6.07) is 3.80. The van der Waals surface area contributed by atoms with Crippen molar-refractivity contribution in [2.75, 3.05) is 27.7 Å². The molecule has 4 rings (SSSR count). The Morgan fingerprint density at radius 2 is 2.06 bits per heavy atom. The second-order valence-electron chi connectivity index (χ2n) is 9.77. The number of hydrogen-bond acceptors (Lipinski definition) is 6. The Bertz CT molecular complexity index is 772. The predicted molar refractivity (Wildman–Crippen MR) is 115 cm³/mol. The van der Waals surface area contributed by atoms with Crippen LogP contribution in [0.4, 0.5) is 0 Å². The molecule has 31 heavy (non-hydrogen) atoms. The van der Waals surface area contributed by atoms with Crippen molar-refractivity contribution in [2.45, 2.75) is 70.1 Å². The Morgan fingerprint density at radius 1 is 1.23 bits per heavy atom. The number of carbonyl (C=O) groups excluding carboxylic acids is 1. The standard InChI is InChI=1S/C24H36N2O5/c1-16(2)9-22-24(30-15-29-4,23(27)26(22)14-28-3)13-19-12-20(7-8-25-19)31-21-11-17-5-6-18(21)10-17/h7-8,12,16-18,21-22H,5-6,9-11,13-15H2,1-4H3. The van der Waals surface area contributed by atoms with Gasteiger partial charge in [0.2, 0.25) is 0 Å². The van der Waals surface area contributed by atoms with Gasteiger partial charge in [-0.05, 0) is 55.9 Å². The summed E-state index contributed by atoms with van der Waals surface area (Å²) in [5.41, 5.74) is -0.187. The Kier molecular flexibility index (Phi) is 6.84. The van der Waals surface area contributed by atoms with Gasteiger partial charge in [-0.25, -0.2) is 0 Å². The fourth-order valence-corrected chi connectivity index (χ4v) is 5.73. The zero-order chi connectivity index (χ0) is 22.0. The molecule has 2 heterocycles. The van der Waals surface area contributed by atoms with Crippen LogP contribution in [0.1, 0.15) is 51.6 Å². The van der Waals surface area contributed by atoms with Crippen molar-refractivity contribution in [1.82, 2.24) is 9.88 Å². The molecule has 0 aromatic carbocycles. The predicted octanol–water partition coefficient (Wildman–Crippen LogP) is 3.41. The molecule has 2 bridgehead atoms. The fraction of sp³-hybridized carbons (Fsp3) is 0.750. The summed E-state index contributed by atoms with van der Waals surface area (Å²) in [5.74, 6) is 2.69. The second-order valence-corrected chi connectivity index (χ2v) is 9.77. The van der Waals surface area contributed by atoms with Crippen LogP contribution in [0.2, 0.25) is 0 Å². The maximum Gasteiger partial charge on any atom is 0.259 e. The van der Waals surface area contributed by atoms with E-state index in [-0.39, 0.29) is 25.5 Å². The van der Waals surface area contributed by atoms with Crippen LogP contribution in [0.25, 0.3) is 0 Å². The van der Waals surface area contributed by atoms with E-state index in [1.165, 1.54) is 19.3 Å². The molecular formula is C24H36N2O5. The van der Waals surface area contributed by atoms with Crippen LogP contribution < -0.4 is 4.74 Å². The minimum atomic E-state index is -0.989. The molecule has 1 amide bonds. The Morgan fingerprint density at radius 3 is 2.71 bits per heavy atom. The summed E-state index contributed by atoms with van der Waals surface area (Å²) in [4.78, 5) is 19.5. The molecule has 2 saturated carbocycles. The Hall–Kier alpha value is -1.70. The number of carbonyl (C=O) groups is 1. The van der Waals surface area contributed by atoms with Gasteiger partial charge >= 0.3 is 0 Å². The monoisotopic (exact) mass is 432 g/mol. The molecule has 1 saturated heterocycles. The largest absolute Gasteiger partial charge is 0.490 e. The maximum atomic E-state index is 13.2. The zero-order valence-corrected chi connectivity index (χ0v) is 19.2. The van der Waals surface area contributed by atoms with Crippen molar-refractivity contribution >= 4 is 5.91 Å². The van der Waals surface area contributed by atoms with Gasteiger partial charge in [-0.3, -0.25) is 9.78 Å². The summed E-state index contributed by atoms with van der Waals surface area (Å²) < 4.78 is 22.9. The first kappa shape index (κ1) is 22.5. The van der Waals surface area contributed by atoms with E-state index in [9.17, 15) is 4.79 Å². The van der Waals surface area contributed by atoms with Crippen LogP contribution in [0.15, 0.2) is 18.3 Å². The number of ether oxygens (including phenoxy) is 4. The Labute approximate surface area is 185 Å². The van der Waals surface area contributed by atoms with Crippen molar-refractivity contribution in [1.29, 1.82) is 0 Å². The first-order valence-corrected chi connectivity index (χ1v) is 11.5. The quantitative estimate of drug-likeness (QED) is 0.394. The van der Waals surface area contributed by atoms with Crippen molar-refractivity contribution in [3.63, 3.8) is 0 Å². The molecule has 1 aromatic heterocycles. The second kappa shape index (κ2) is 9.43. The molecule has 3 fully saturated rings. The molecule has 172 valence electrons. The molecule has 0 radical (unpaired) electrons. The van der Waals surface area contributed by atoms with Crippen LogP contribution in [0, 0.1) is 17.8 Å². The van der Waals surface area contributed by atoms with Gasteiger partial charge in [0.15, 0.2) is 5.60 Å². The highest BCUT2D eigenvalue weighted by molar-refractivity contribution is 5.93. The number of β-lactam (4-membered cyclic amide) rings is 1. The van der Waals surface area contributed by atoms with E-state index in [0.717, 1.165) is 30.2 Å². The van der Waals surface area contributed by atoms with E-state index < -0.39 is 5.60 Å². The number of amides is 1. The topological polar surface area (TPSA) is 70.1 Å². The van der Waals surface area contributed by atoms with Gasteiger partial charge in [-0.15, -0.1) is 0 Å². The molecule has 1 aromatic rings. The van der Waals surface area contributed by atoms with Gasteiger partial charge < -0.3 is 23.8 Å². The molecule has 3 aliphatic rings. The first-order valence-electron chi connectivity index (χ1n) is 11.5. The SMILES string of the molecule is COCOC1(Cc2cc(OC3CC4CCC3C4)ccn2)C(=O)N(COC)C1CC(C)C. The lowest BCUT2D eigenvalue weighted by atomic mass is 9.75. The third-order valence-electron chi connectivity index (χ3n) is 7.13. The molecule has 0 spiro atoms. The van der Waals surface area contributed by atoms with Gasteiger partial charge in [0, 0.05) is 38.6 Å². The summed E-state index contributed by atoms with van der Waals surface area (Å²) in [5, 5.41) is 0. The van der Waals surface area contributed by atoms with Crippen molar-refractivity contribution in [2.24, 2.45) is 17.8 Å². The van der Waals surface area contributed by atoms with E-state index >= 15 is 0 Å². The lowest BCUT2D eigenvalue weighted by Gasteiger charge is -2.55. The van der Waals surface area contributed by atoms with Crippen LogP contribution in [0.5, 0.6) is 5.75 Å². The summed E-state index contributed by atoms with van der Waals surface area (Å²) in [6.07, 6.45) is 8.38. The number of likely N-dealkylation sites (tertiary alicyclic amines) is 1. The normalized spacial score (nSPS) is 32.0. The molecule has 7 nitrogen and oxygen atoms in total. The number of nitrogens with zero attached hydrogens (tertiary/aromatic N) is 2. The molecule has 5 atom stereocenters. The van der Waals surface area contributed by atoms with Crippen LogP contribution in [-0.2, 0) is 25.4 Å². The van der Waals surface area contributed by atoms with Crippen LogP contribution in [0.3, 0.4) is 0 Å². The fourth-order valence-electron chi connectivity index (χ4n) is 5.73. The lowest BCUT2D eigenvalue weighted by molar-refractivity contribution is -0.235. The van der Waals surface area contributed by atoms with Crippen molar-refractivity contribution < 1.29 is 23.7 Å². The average Bonchev–Trinajstić information content (AvgIpc) is 3.37. The highest BCUT2D eigenvalue weighted by atomic mass is 16.7. The molecule has 2 aliphatic carbocycles. The number of fused-ring (bicyclic) bond motifs is 2. The first-order chi connectivity index (χ1) is 15.0. The smallest absolute Gasteiger partial charge is 0.259 e. The van der Waals surface area contributed by atoms with Gasteiger partial charge in [-0.2, -0.15) is 0 Å². The molecule has 7 heteroatoms. The summed E-state index contributed by atoms with van der Waals surface area (Å²) in [7, 11) is 3.18. The molecule has 1 aliphatic heterocycles. The van der Waals surface area contributed by atoms with E-state index in [2.05, 4.69) is 18.8 Å². The molecule has 5 unspecified atom stereocenters. The minimum absolute atomic E-state index is 0.0580. The number of hydrogen-bond donors (Lipinski definition) is 0. The lowest BCUT2D eigenvalue weighted by Crippen LogP contribution is -2.76. The summed E-state index contributed by atoms with van der Waals surface area (Å²) in [6.45, 7) is 4.62. The number of methoxy groups -OCH3 is 2. The van der Waals surface area contributed by atoms with Crippen LogP contribution >= 0.6 is 0 Å². The number of pyridine rings is 1. The van der Waals surface area contributed by atoms with E-state index in [4.69, 9.17) is 18.9 Å². The van der Waals surface area contributed by atoms with Gasteiger partial charge in [0.1, 0.15) is 25.4 Å². The van der Waals surface area contributed by atoms with Gasteiger partial charge in [0.05, 0.1) is 6.04 Å². The van der Waals surface area contributed by atoms with E-state index in [1.54, 1.807) is 25.3 Å². The molecule has 0 N–H and O–H groups in total. The highest BCUT2D eigenvalue weighted by Crippen LogP contribution is 2.46. The van der Waals surface area contributed by atoms with E-state index in [0.29, 0.717) is 24.4 Å². The van der Waals surface area contributed by atoms with E-state index in [1.807, 2.05) is 12.1 Å². The van der Waals surface area contributed by atoms with Gasteiger partial charge in [0.25, 0.3) is 5.91 Å². The summed E-state index contributed by atoms with van der Waals surface area (Å²) >= 11 is 0. The minimum Gasteiger partial charge on any atom is -0.490 e. The third-order valence-corrected chi connectivity index (χ3v) is 7.13. The third kappa shape index (κ3) is 4.45. The number of rotatable bonds is 11. The van der Waals surface area contributed by atoms with Crippen LogP contribution in [-0.4, -0.2) is 61.3 Å². The van der Waals surface area contributed by atoms with Crippen molar-refractivity contribution in [3.05, 3.63) is 24.0 Å². The zero-order valence-electron chi connectivity index (χ0n) is 19.2. The average molecular weight is 433 g/mol. The van der Waals surface area contributed by atoms with Gasteiger partial charge in [-0.1, -0.05) is 13.8 Å². The molecular weight excluding hydrogens is 396 g/mol. The maximum absolute atomic E-state index is 13.2.